The van der Waals surface area contributed by atoms with Gasteiger partial charge < -0.3 is 11.1 Å². The largest absolute Gasteiger partial charge is 0.349 e. The van der Waals surface area contributed by atoms with Gasteiger partial charge in [0.15, 0.2) is 5.69 Å². The summed E-state index contributed by atoms with van der Waals surface area (Å²) in [6.45, 7) is 6.27. The fraction of sp³-hybridized carbons (Fsp3) is 0.368. The van der Waals surface area contributed by atoms with Crippen molar-refractivity contribution < 1.29 is 4.79 Å². The van der Waals surface area contributed by atoms with Gasteiger partial charge in [-0.25, -0.2) is 4.68 Å². The second-order valence-corrected chi connectivity index (χ2v) is 6.54. The molecule has 2 heterocycles. The van der Waals surface area contributed by atoms with E-state index in [2.05, 4.69) is 20.6 Å². The topological polar surface area (TPSA) is 98.7 Å². The van der Waals surface area contributed by atoms with Gasteiger partial charge in [0.25, 0.3) is 5.91 Å². The van der Waals surface area contributed by atoms with Gasteiger partial charge >= 0.3 is 0 Å². The minimum Gasteiger partial charge on any atom is -0.349 e. The Labute approximate surface area is 152 Å². The van der Waals surface area contributed by atoms with E-state index in [-0.39, 0.29) is 5.91 Å². The fourth-order valence-corrected chi connectivity index (χ4v) is 2.87. The first-order valence-corrected chi connectivity index (χ1v) is 8.82. The highest BCUT2D eigenvalue weighted by Crippen LogP contribution is 2.21. The second kappa shape index (κ2) is 7.21. The molecule has 0 fully saturated rings. The van der Waals surface area contributed by atoms with Crippen LogP contribution in [0.25, 0.3) is 16.6 Å². The van der Waals surface area contributed by atoms with E-state index in [9.17, 15) is 4.79 Å². The standard InChI is InChI=1S/C19H24N6O/c1-4-19(20,5-2)12-22-18(26)16-13(3)25(24-23-16)15-10-6-8-14-9-7-11-21-17(14)15/h6-11H,4-5,12,20H2,1-3H3,(H,22,26). The van der Waals surface area contributed by atoms with Crippen LogP contribution in [-0.4, -0.2) is 38.0 Å². The van der Waals surface area contributed by atoms with Gasteiger partial charge in [0.1, 0.15) is 0 Å². The van der Waals surface area contributed by atoms with Gasteiger partial charge in [0.05, 0.1) is 16.9 Å². The van der Waals surface area contributed by atoms with Crippen molar-refractivity contribution in [1.29, 1.82) is 0 Å². The van der Waals surface area contributed by atoms with E-state index in [0.717, 1.165) is 29.4 Å². The Bertz CT molecular complexity index is 923. The number of hydrogen-bond donors (Lipinski definition) is 2. The molecule has 0 unspecified atom stereocenters. The summed E-state index contributed by atoms with van der Waals surface area (Å²) in [4.78, 5) is 17.0. The zero-order valence-electron chi connectivity index (χ0n) is 15.4. The quantitative estimate of drug-likeness (QED) is 0.709. The molecule has 7 nitrogen and oxygen atoms in total. The lowest BCUT2D eigenvalue weighted by Crippen LogP contribution is -2.49. The predicted molar refractivity (Wildman–Crippen MR) is 101 cm³/mol. The Morgan fingerprint density at radius 2 is 1.96 bits per heavy atom. The zero-order valence-corrected chi connectivity index (χ0v) is 15.4. The summed E-state index contributed by atoms with van der Waals surface area (Å²) in [5.41, 5.74) is 8.42. The van der Waals surface area contributed by atoms with Crippen molar-refractivity contribution in [3.63, 3.8) is 0 Å². The van der Waals surface area contributed by atoms with Crippen molar-refractivity contribution in [3.05, 3.63) is 47.9 Å². The maximum absolute atomic E-state index is 12.6. The molecular weight excluding hydrogens is 328 g/mol. The van der Waals surface area contributed by atoms with Crippen LogP contribution < -0.4 is 11.1 Å². The van der Waals surface area contributed by atoms with Gasteiger partial charge in [-0.05, 0) is 31.9 Å². The minimum absolute atomic E-state index is 0.265. The molecule has 0 aliphatic rings. The number of nitrogens with zero attached hydrogens (tertiary/aromatic N) is 4. The lowest BCUT2D eigenvalue weighted by molar-refractivity contribution is 0.0936. The molecule has 3 aromatic rings. The average Bonchev–Trinajstić information content (AvgIpc) is 3.06. The van der Waals surface area contributed by atoms with Gasteiger partial charge in [0.2, 0.25) is 0 Å². The first-order chi connectivity index (χ1) is 12.5. The van der Waals surface area contributed by atoms with Crippen molar-refractivity contribution in [1.82, 2.24) is 25.3 Å². The second-order valence-electron chi connectivity index (χ2n) is 6.54. The van der Waals surface area contributed by atoms with E-state index in [1.54, 1.807) is 10.9 Å². The third-order valence-electron chi connectivity index (χ3n) is 4.96. The van der Waals surface area contributed by atoms with Gasteiger partial charge in [-0.3, -0.25) is 9.78 Å². The lowest BCUT2D eigenvalue weighted by atomic mass is 9.94. The Morgan fingerprint density at radius 1 is 1.23 bits per heavy atom. The zero-order chi connectivity index (χ0) is 18.7. The monoisotopic (exact) mass is 352 g/mol. The number of fused-ring (bicyclic) bond motifs is 1. The van der Waals surface area contributed by atoms with Crippen molar-refractivity contribution in [2.24, 2.45) is 5.73 Å². The maximum atomic E-state index is 12.6. The van der Waals surface area contributed by atoms with Gasteiger partial charge in [-0.1, -0.05) is 37.3 Å². The van der Waals surface area contributed by atoms with Crippen molar-refractivity contribution in [2.45, 2.75) is 39.2 Å². The summed E-state index contributed by atoms with van der Waals surface area (Å²) in [5, 5.41) is 12.2. The number of para-hydroxylation sites is 1. The minimum atomic E-state index is -0.404. The predicted octanol–water partition coefficient (Wildman–Crippen LogP) is 2.37. The normalized spacial score (nSPS) is 11.7. The lowest BCUT2D eigenvalue weighted by Gasteiger charge is -2.26. The van der Waals surface area contributed by atoms with Crippen LogP contribution in [0, 0.1) is 6.92 Å². The summed E-state index contributed by atoms with van der Waals surface area (Å²) in [5.74, 6) is -0.265. The van der Waals surface area contributed by atoms with Crippen LogP contribution in [-0.2, 0) is 0 Å². The number of nitrogens with two attached hydrogens (primary N) is 1. The summed E-state index contributed by atoms with van der Waals surface area (Å²) in [6.07, 6.45) is 3.32. The molecule has 0 bridgehead atoms. The molecule has 136 valence electrons. The molecule has 0 radical (unpaired) electrons. The molecule has 0 aliphatic heterocycles. The van der Waals surface area contributed by atoms with Crippen molar-refractivity contribution >= 4 is 16.8 Å². The van der Waals surface area contributed by atoms with E-state index < -0.39 is 5.54 Å². The molecule has 0 atom stereocenters. The van der Waals surface area contributed by atoms with E-state index in [1.165, 1.54) is 0 Å². The highest BCUT2D eigenvalue weighted by atomic mass is 16.2. The molecule has 7 heteroatoms. The van der Waals surface area contributed by atoms with Crippen LogP contribution in [0.3, 0.4) is 0 Å². The van der Waals surface area contributed by atoms with Crippen LogP contribution in [0.5, 0.6) is 0 Å². The number of benzene rings is 1. The number of hydrogen-bond acceptors (Lipinski definition) is 5. The van der Waals surface area contributed by atoms with Crippen LogP contribution in [0.15, 0.2) is 36.5 Å². The van der Waals surface area contributed by atoms with E-state index in [4.69, 9.17) is 5.73 Å². The van der Waals surface area contributed by atoms with Crippen LogP contribution in [0.1, 0.15) is 42.9 Å². The number of carbonyl (C=O) groups excluding carboxylic acids is 1. The van der Waals surface area contributed by atoms with Crippen molar-refractivity contribution in [2.75, 3.05) is 6.54 Å². The molecule has 3 N–H and O–H groups in total. The van der Waals surface area contributed by atoms with E-state index in [1.807, 2.05) is 51.1 Å². The molecule has 0 saturated carbocycles. The molecule has 0 spiro atoms. The number of aromatic nitrogens is 4. The van der Waals surface area contributed by atoms with Crippen LogP contribution in [0.4, 0.5) is 0 Å². The first-order valence-electron chi connectivity index (χ1n) is 8.82. The third-order valence-corrected chi connectivity index (χ3v) is 4.96. The highest BCUT2D eigenvalue weighted by Gasteiger charge is 2.24. The summed E-state index contributed by atoms with van der Waals surface area (Å²) in [6, 6.07) is 9.72. The average molecular weight is 352 g/mol. The molecule has 0 aliphatic carbocycles. The maximum Gasteiger partial charge on any atom is 0.273 e. The SMILES string of the molecule is CCC(N)(CC)CNC(=O)c1nnn(-c2cccc3cccnc23)c1C. The Balaban J connectivity index is 1.89. The van der Waals surface area contributed by atoms with Crippen LogP contribution in [0.2, 0.25) is 0 Å². The first kappa shape index (κ1) is 18.0. The Morgan fingerprint density at radius 3 is 2.69 bits per heavy atom. The number of amides is 1. The highest BCUT2D eigenvalue weighted by molar-refractivity contribution is 5.93. The third kappa shape index (κ3) is 3.30. The van der Waals surface area contributed by atoms with Crippen LogP contribution >= 0.6 is 0 Å². The smallest absolute Gasteiger partial charge is 0.273 e. The molecule has 2 aromatic heterocycles. The van der Waals surface area contributed by atoms with Gasteiger partial charge in [-0.2, -0.15) is 0 Å². The summed E-state index contributed by atoms with van der Waals surface area (Å²) < 4.78 is 1.65. The Kier molecular flexibility index (Phi) is 4.99. The summed E-state index contributed by atoms with van der Waals surface area (Å²) >= 11 is 0. The molecule has 0 saturated heterocycles. The number of rotatable bonds is 6. The fourth-order valence-electron chi connectivity index (χ4n) is 2.87. The Hall–Kier alpha value is -2.80. The summed E-state index contributed by atoms with van der Waals surface area (Å²) in [7, 11) is 0. The molecule has 1 aromatic carbocycles. The number of carbonyl (C=O) groups is 1. The molecule has 3 rings (SSSR count). The van der Waals surface area contributed by atoms with Crippen molar-refractivity contribution in [3.8, 4) is 5.69 Å². The molecular formula is C19H24N6O. The van der Waals surface area contributed by atoms with E-state index >= 15 is 0 Å². The van der Waals surface area contributed by atoms with E-state index in [0.29, 0.717) is 17.9 Å². The number of nitrogens with one attached hydrogen (secondary N) is 1. The van der Waals surface area contributed by atoms with Gasteiger partial charge in [-0.15, -0.1) is 5.10 Å². The van der Waals surface area contributed by atoms with Gasteiger partial charge in [0, 0.05) is 23.7 Å². The molecule has 26 heavy (non-hydrogen) atoms. The number of pyridine rings is 1. The molecule has 1 amide bonds.